The third kappa shape index (κ3) is 1.49. The molecule has 2 bridgehead atoms. The Balaban J connectivity index is 1.69. The molecule has 5 unspecified atom stereocenters. The monoisotopic (exact) mass is 261 g/mol. The number of fused-ring (bicyclic) bond motifs is 5. The molecule has 1 aromatic heterocycles. The van der Waals surface area contributed by atoms with E-state index in [0.717, 1.165) is 42.8 Å². The highest BCUT2D eigenvalue weighted by atomic mass is 16.3. The van der Waals surface area contributed by atoms with E-state index in [-0.39, 0.29) is 0 Å². The van der Waals surface area contributed by atoms with Gasteiger partial charge in [-0.2, -0.15) is 0 Å². The molecule has 0 spiro atoms. The summed E-state index contributed by atoms with van der Waals surface area (Å²) in [5, 5.41) is 19.5. The van der Waals surface area contributed by atoms with E-state index in [1.807, 2.05) is 4.68 Å². The molecule has 5 atom stereocenters. The third-order valence-electron chi connectivity index (χ3n) is 5.99. The van der Waals surface area contributed by atoms with E-state index in [4.69, 9.17) is 0 Å². The molecule has 3 saturated carbocycles. The van der Waals surface area contributed by atoms with Crippen LogP contribution in [0.1, 0.15) is 51.1 Å². The van der Waals surface area contributed by atoms with Gasteiger partial charge in [0.2, 0.25) is 0 Å². The van der Waals surface area contributed by atoms with Gasteiger partial charge in [-0.05, 0) is 55.8 Å². The van der Waals surface area contributed by atoms with Crippen molar-refractivity contribution in [2.75, 3.05) is 0 Å². The highest BCUT2D eigenvalue weighted by molar-refractivity contribution is 5.20. The first-order valence-electron chi connectivity index (χ1n) is 7.85. The van der Waals surface area contributed by atoms with Crippen LogP contribution in [-0.2, 0) is 12.1 Å². The highest BCUT2D eigenvalue weighted by Gasteiger charge is 2.61. The van der Waals surface area contributed by atoms with Crippen molar-refractivity contribution in [3.05, 3.63) is 11.9 Å². The van der Waals surface area contributed by atoms with Crippen molar-refractivity contribution in [1.82, 2.24) is 15.0 Å². The maximum absolute atomic E-state index is 11.3. The van der Waals surface area contributed by atoms with Crippen molar-refractivity contribution in [3.8, 4) is 0 Å². The van der Waals surface area contributed by atoms with Crippen molar-refractivity contribution >= 4 is 0 Å². The number of rotatable bonds is 3. The summed E-state index contributed by atoms with van der Waals surface area (Å²) in [6.45, 7) is 3.01. The van der Waals surface area contributed by atoms with Crippen LogP contribution in [0.2, 0.25) is 0 Å². The van der Waals surface area contributed by atoms with Gasteiger partial charge in [-0.3, -0.25) is 0 Å². The quantitative estimate of drug-likeness (QED) is 0.908. The lowest BCUT2D eigenvalue weighted by Crippen LogP contribution is -2.40. The van der Waals surface area contributed by atoms with Crippen molar-refractivity contribution in [3.63, 3.8) is 0 Å². The first-order chi connectivity index (χ1) is 9.24. The molecule has 1 aromatic rings. The molecule has 4 heteroatoms. The normalized spacial score (nSPS) is 43.9. The van der Waals surface area contributed by atoms with Gasteiger partial charge in [-0.25, -0.2) is 4.68 Å². The molecule has 0 amide bonds. The van der Waals surface area contributed by atoms with Gasteiger partial charge in [0.1, 0.15) is 5.60 Å². The van der Waals surface area contributed by atoms with E-state index >= 15 is 0 Å². The Kier molecular flexibility index (Phi) is 2.53. The van der Waals surface area contributed by atoms with E-state index in [0.29, 0.717) is 5.92 Å². The van der Waals surface area contributed by atoms with Crippen LogP contribution in [-0.4, -0.2) is 20.1 Å². The summed E-state index contributed by atoms with van der Waals surface area (Å²) < 4.78 is 1.94. The Labute approximate surface area is 114 Å². The molecule has 1 N–H and O–H groups in total. The van der Waals surface area contributed by atoms with Crippen molar-refractivity contribution < 1.29 is 5.11 Å². The van der Waals surface area contributed by atoms with Gasteiger partial charge >= 0.3 is 0 Å². The summed E-state index contributed by atoms with van der Waals surface area (Å²) in [6, 6.07) is 0. The number of aliphatic hydroxyl groups is 1. The Morgan fingerprint density at radius 2 is 2.26 bits per heavy atom. The highest BCUT2D eigenvalue weighted by Crippen LogP contribution is 2.65. The molecule has 0 aliphatic heterocycles. The summed E-state index contributed by atoms with van der Waals surface area (Å²) in [5.41, 5.74) is 0.335. The standard InChI is InChI=1S/C15H23N3O/c1-2-6-18-14(9-16-17-18)15(19)8-10-7-13(15)12-5-3-4-11(10)12/h9-13,19H,2-8H2,1H3. The van der Waals surface area contributed by atoms with Crippen LogP contribution in [0.3, 0.4) is 0 Å². The Morgan fingerprint density at radius 1 is 1.42 bits per heavy atom. The van der Waals surface area contributed by atoms with Gasteiger partial charge in [-0.1, -0.05) is 18.6 Å². The average Bonchev–Trinajstić information content (AvgIpc) is 3.08. The average molecular weight is 261 g/mol. The summed E-state index contributed by atoms with van der Waals surface area (Å²) in [4.78, 5) is 0. The van der Waals surface area contributed by atoms with Gasteiger partial charge in [0.05, 0.1) is 11.9 Å². The van der Waals surface area contributed by atoms with E-state index in [1.54, 1.807) is 6.20 Å². The Morgan fingerprint density at radius 3 is 3.11 bits per heavy atom. The predicted molar refractivity (Wildman–Crippen MR) is 71.3 cm³/mol. The molecule has 4 rings (SSSR count). The number of aryl methyl sites for hydroxylation is 1. The lowest BCUT2D eigenvalue weighted by Gasteiger charge is -2.38. The molecule has 0 radical (unpaired) electrons. The fourth-order valence-corrected chi connectivity index (χ4v) is 5.38. The fourth-order valence-electron chi connectivity index (χ4n) is 5.38. The second-order valence-electron chi connectivity index (χ2n) is 6.83. The van der Waals surface area contributed by atoms with Gasteiger partial charge in [0.25, 0.3) is 0 Å². The van der Waals surface area contributed by atoms with Gasteiger partial charge < -0.3 is 5.11 Å². The van der Waals surface area contributed by atoms with Crippen LogP contribution in [0.15, 0.2) is 6.20 Å². The molecular formula is C15H23N3O. The zero-order chi connectivity index (χ0) is 13.0. The number of hydrogen-bond acceptors (Lipinski definition) is 3. The molecule has 3 aliphatic carbocycles. The van der Waals surface area contributed by atoms with Crippen LogP contribution in [0, 0.1) is 23.7 Å². The summed E-state index contributed by atoms with van der Waals surface area (Å²) in [6.07, 6.45) is 9.09. The van der Waals surface area contributed by atoms with Crippen LogP contribution in [0.4, 0.5) is 0 Å². The third-order valence-corrected chi connectivity index (χ3v) is 5.99. The van der Waals surface area contributed by atoms with Crippen molar-refractivity contribution in [2.45, 2.75) is 57.6 Å². The summed E-state index contributed by atoms with van der Waals surface area (Å²) in [7, 11) is 0. The molecular weight excluding hydrogens is 238 g/mol. The minimum absolute atomic E-state index is 0.458. The Bertz CT molecular complexity index is 485. The molecule has 4 nitrogen and oxygen atoms in total. The Hall–Kier alpha value is -0.900. The zero-order valence-electron chi connectivity index (χ0n) is 11.6. The smallest absolute Gasteiger partial charge is 0.111 e. The van der Waals surface area contributed by atoms with E-state index in [1.165, 1.54) is 25.7 Å². The van der Waals surface area contributed by atoms with Crippen molar-refractivity contribution in [1.29, 1.82) is 0 Å². The first kappa shape index (κ1) is 11.9. The molecule has 3 aliphatic rings. The predicted octanol–water partition coefficient (Wildman–Crippen LogP) is 2.33. The molecule has 3 fully saturated rings. The lowest BCUT2D eigenvalue weighted by molar-refractivity contribution is -0.0579. The fraction of sp³-hybridized carbons (Fsp3) is 0.867. The number of hydrogen-bond donors (Lipinski definition) is 1. The summed E-state index contributed by atoms with van der Waals surface area (Å²) in [5.74, 6) is 2.86. The molecule has 104 valence electrons. The minimum Gasteiger partial charge on any atom is -0.383 e. The molecule has 0 saturated heterocycles. The molecule has 0 aromatic carbocycles. The summed E-state index contributed by atoms with van der Waals surface area (Å²) >= 11 is 0. The topological polar surface area (TPSA) is 50.9 Å². The van der Waals surface area contributed by atoms with Crippen LogP contribution in [0.5, 0.6) is 0 Å². The largest absolute Gasteiger partial charge is 0.383 e. The SMILES string of the molecule is CCCn1nncc1C1(O)CC2CC1C1CCCC21. The van der Waals surface area contributed by atoms with Crippen LogP contribution >= 0.6 is 0 Å². The lowest BCUT2D eigenvalue weighted by atomic mass is 9.71. The van der Waals surface area contributed by atoms with E-state index in [2.05, 4.69) is 17.2 Å². The zero-order valence-corrected chi connectivity index (χ0v) is 11.6. The van der Waals surface area contributed by atoms with Crippen LogP contribution < -0.4 is 0 Å². The second-order valence-corrected chi connectivity index (χ2v) is 6.83. The molecule has 1 heterocycles. The van der Waals surface area contributed by atoms with Gasteiger partial charge in [-0.15, -0.1) is 5.10 Å². The maximum Gasteiger partial charge on any atom is 0.111 e. The minimum atomic E-state index is -0.644. The van der Waals surface area contributed by atoms with Gasteiger partial charge in [0.15, 0.2) is 0 Å². The number of nitrogens with zero attached hydrogens (tertiary/aromatic N) is 3. The molecule has 19 heavy (non-hydrogen) atoms. The number of aromatic nitrogens is 3. The maximum atomic E-state index is 11.3. The van der Waals surface area contributed by atoms with E-state index in [9.17, 15) is 5.11 Å². The van der Waals surface area contributed by atoms with Crippen LogP contribution in [0.25, 0.3) is 0 Å². The van der Waals surface area contributed by atoms with E-state index < -0.39 is 5.60 Å². The second kappa shape index (κ2) is 4.05. The van der Waals surface area contributed by atoms with Crippen molar-refractivity contribution in [2.24, 2.45) is 23.7 Å². The first-order valence-corrected chi connectivity index (χ1v) is 7.85. The van der Waals surface area contributed by atoms with Gasteiger partial charge in [0, 0.05) is 6.54 Å².